The Morgan fingerprint density at radius 3 is 2.30 bits per heavy atom. The van der Waals surface area contributed by atoms with Crippen LogP contribution < -0.4 is 5.73 Å². The van der Waals surface area contributed by atoms with Gasteiger partial charge in [-0.25, -0.2) is 4.79 Å². The molecule has 4 nitrogen and oxygen atoms in total. The summed E-state index contributed by atoms with van der Waals surface area (Å²) in [6.07, 6.45) is 1.91. The van der Waals surface area contributed by atoms with E-state index in [-0.39, 0.29) is 18.1 Å². The minimum Gasteiger partial charge on any atom is -0.398 e. The number of nitrogens with two attached hydrogens (primary N) is 1. The van der Waals surface area contributed by atoms with E-state index in [1.807, 2.05) is 31.9 Å². The number of carbonyl (C=O) groups excluding carboxylic acids is 1. The van der Waals surface area contributed by atoms with Crippen molar-refractivity contribution in [2.75, 3.05) is 5.73 Å². The Labute approximate surface area is 147 Å². The van der Waals surface area contributed by atoms with E-state index in [1.54, 1.807) is 0 Å². The first kappa shape index (κ1) is 18.3. The van der Waals surface area contributed by atoms with Crippen molar-refractivity contribution >= 4 is 27.6 Å². The molecule has 1 aliphatic rings. The van der Waals surface area contributed by atoms with Crippen molar-refractivity contribution in [2.45, 2.75) is 65.5 Å². The third-order valence-corrected chi connectivity index (χ3v) is 5.10. The standard InChI is InChI=1S/C18H27BrN2O2/c1-11-8-14(13-6-7-16(20)15(19)10-13)9-12(2)21(11)23-17(22)18(3,4)5/h6-7,10-12,14H,8-9,20H2,1-5H3. The number of nitrogens with zero attached hydrogens (tertiary/aromatic N) is 1. The summed E-state index contributed by atoms with van der Waals surface area (Å²) in [4.78, 5) is 17.8. The minimum atomic E-state index is -0.488. The van der Waals surface area contributed by atoms with Gasteiger partial charge in [0.2, 0.25) is 0 Å². The summed E-state index contributed by atoms with van der Waals surface area (Å²) in [5.41, 5.74) is 7.43. The van der Waals surface area contributed by atoms with E-state index in [0.717, 1.165) is 23.0 Å². The van der Waals surface area contributed by atoms with Gasteiger partial charge in [-0.3, -0.25) is 0 Å². The summed E-state index contributed by atoms with van der Waals surface area (Å²) in [6.45, 7) is 9.87. The van der Waals surface area contributed by atoms with Gasteiger partial charge in [-0.1, -0.05) is 6.07 Å². The van der Waals surface area contributed by atoms with Crippen molar-refractivity contribution in [1.29, 1.82) is 0 Å². The van der Waals surface area contributed by atoms with Crippen LogP contribution in [-0.2, 0) is 9.63 Å². The van der Waals surface area contributed by atoms with Gasteiger partial charge in [0.05, 0.1) is 5.41 Å². The van der Waals surface area contributed by atoms with Gasteiger partial charge in [0.15, 0.2) is 0 Å². The number of benzene rings is 1. The van der Waals surface area contributed by atoms with Crippen molar-refractivity contribution < 1.29 is 9.63 Å². The molecule has 2 N–H and O–H groups in total. The van der Waals surface area contributed by atoms with Crippen LogP contribution in [0.2, 0.25) is 0 Å². The average Bonchev–Trinajstić information content (AvgIpc) is 2.44. The highest BCUT2D eigenvalue weighted by atomic mass is 79.9. The predicted molar refractivity (Wildman–Crippen MR) is 96.8 cm³/mol. The molecule has 0 radical (unpaired) electrons. The summed E-state index contributed by atoms with van der Waals surface area (Å²) in [5.74, 6) is 0.270. The van der Waals surface area contributed by atoms with Crippen LogP contribution in [0.5, 0.6) is 0 Å². The zero-order valence-electron chi connectivity index (χ0n) is 14.6. The van der Waals surface area contributed by atoms with Crippen LogP contribution in [0.3, 0.4) is 0 Å². The van der Waals surface area contributed by atoms with Crippen LogP contribution in [0.25, 0.3) is 0 Å². The molecule has 0 aliphatic carbocycles. The fourth-order valence-electron chi connectivity index (χ4n) is 3.04. The Morgan fingerprint density at radius 2 is 1.83 bits per heavy atom. The molecule has 1 aliphatic heterocycles. The number of hydrogen-bond acceptors (Lipinski definition) is 4. The second-order valence-electron chi connectivity index (χ2n) is 7.64. The van der Waals surface area contributed by atoms with Gasteiger partial charge < -0.3 is 10.6 Å². The van der Waals surface area contributed by atoms with E-state index in [0.29, 0.717) is 5.92 Å². The molecule has 1 fully saturated rings. The van der Waals surface area contributed by atoms with E-state index in [2.05, 4.69) is 41.9 Å². The van der Waals surface area contributed by atoms with Crippen LogP contribution in [0.1, 0.15) is 58.9 Å². The largest absolute Gasteiger partial charge is 0.398 e. The first-order valence-corrected chi connectivity index (χ1v) is 8.94. The monoisotopic (exact) mass is 382 g/mol. The van der Waals surface area contributed by atoms with Crippen LogP contribution in [0.4, 0.5) is 5.69 Å². The maximum Gasteiger partial charge on any atom is 0.330 e. The third-order valence-electron chi connectivity index (χ3n) is 4.42. The SMILES string of the molecule is CC1CC(c2ccc(N)c(Br)c2)CC(C)N1OC(=O)C(C)(C)C. The predicted octanol–water partition coefficient (Wildman–Crippen LogP) is 4.49. The number of anilines is 1. The van der Waals surface area contributed by atoms with Crippen molar-refractivity contribution in [3.63, 3.8) is 0 Å². The number of rotatable bonds is 2. The second-order valence-corrected chi connectivity index (χ2v) is 8.49. The lowest BCUT2D eigenvalue weighted by Gasteiger charge is -2.41. The summed E-state index contributed by atoms with van der Waals surface area (Å²) in [6, 6.07) is 6.52. The summed E-state index contributed by atoms with van der Waals surface area (Å²) >= 11 is 3.50. The van der Waals surface area contributed by atoms with E-state index in [1.165, 1.54) is 5.56 Å². The fourth-order valence-corrected chi connectivity index (χ4v) is 3.44. The molecule has 0 amide bonds. The maximum absolute atomic E-state index is 12.2. The molecular weight excluding hydrogens is 356 g/mol. The third kappa shape index (κ3) is 4.27. The van der Waals surface area contributed by atoms with Gasteiger partial charge >= 0.3 is 5.97 Å². The molecule has 0 spiro atoms. The Hall–Kier alpha value is -1.07. The molecule has 1 saturated heterocycles. The zero-order chi connectivity index (χ0) is 17.4. The quantitative estimate of drug-likeness (QED) is 0.765. The molecule has 1 aromatic carbocycles. The number of piperidine rings is 1. The molecule has 0 saturated carbocycles. The fraction of sp³-hybridized carbons (Fsp3) is 0.611. The van der Waals surface area contributed by atoms with Gasteiger partial charge in [-0.15, -0.1) is 5.06 Å². The highest BCUT2D eigenvalue weighted by molar-refractivity contribution is 9.10. The molecule has 0 aromatic heterocycles. The lowest BCUT2D eigenvalue weighted by atomic mass is 9.83. The van der Waals surface area contributed by atoms with Crippen LogP contribution in [-0.4, -0.2) is 23.1 Å². The van der Waals surface area contributed by atoms with Crippen molar-refractivity contribution in [1.82, 2.24) is 5.06 Å². The lowest BCUT2D eigenvalue weighted by molar-refractivity contribution is -0.229. The Bertz CT molecular complexity index is 571. The molecule has 0 bridgehead atoms. The van der Waals surface area contributed by atoms with Gasteiger partial charge in [-0.05, 0) is 87.0 Å². The van der Waals surface area contributed by atoms with Crippen molar-refractivity contribution in [3.8, 4) is 0 Å². The summed E-state index contributed by atoms with van der Waals surface area (Å²) in [7, 11) is 0. The number of carbonyl (C=O) groups is 1. The Balaban J connectivity index is 2.10. The highest BCUT2D eigenvalue weighted by Crippen LogP contribution is 2.37. The average molecular weight is 383 g/mol. The molecule has 2 atom stereocenters. The summed E-state index contributed by atoms with van der Waals surface area (Å²) < 4.78 is 0.942. The normalized spacial score (nSPS) is 26.1. The first-order chi connectivity index (χ1) is 10.6. The molecule has 1 aromatic rings. The molecule has 2 rings (SSSR count). The highest BCUT2D eigenvalue weighted by Gasteiger charge is 2.36. The second kappa shape index (κ2) is 6.81. The number of nitrogen functional groups attached to an aromatic ring is 1. The maximum atomic E-state index is 12.2. The van der Waals surface area contributed by atoms with E-state index < -0.39 is 5.41 Å². The lowest BCUT2D eigenvalue weighted by Crippen LogP contribution is -2.48. The van der Waals surface area contributed by atoms with Crippen LogP contribution >= 0.6 is 15.9 Å². The molecule has 2 unspecified atom stereocenters. The van der Waals surface area contributed by atoms with Gasteiger partial charge in [0, 0.05) is 22.2 Å². The molecule has 1 heterocycles. The van der Waals surface area contributed by atoms with Gasteiger partial charge in [0.25, 0.3) is 0 Å². The smallest absolute Gasteiger partial charge is 0.330 e. The molecular formula is C18H27BrN2O2. The number of hydrogen-bond donors (Lipinski definition) is 1. The van der Waals surface area contributed by atoms with Crippen molar-refractivity contribution in [3.05, 3.63) is 28.2 Å². The molecule has 128 valence electrons. The molecule has 23 heavy (non-hydrogen) atoms. The topological polar surface area (TPSA) is 55.6 Å². The number of halogens is 1. The van der Waals surface area contributed by atoms with Crippen molar-refractivity contribution in [2.24, 2.45) is 5.41 Å². The Morgan fingerprint density at radius 1 is 1.26 bits per heavy atom. The zero-order valence-corrected chi connectivity index (χ0v) is 16.2. The number of hydroxylamine groups is 2. The first-order valence-electron chi connectivity index (χ1n) is 8.15. The van der Waals surface area contributed by atoms with Crippen LogP contribution in [0.15, 0.2) is 22.7 Å². The van der Waals surface area contributed by atoms with E-state index in [9.17, 15) is 4.79 Å². The summed E-state index contributed by atoms with van der Waals surface area (Å²) in [5, 5.41) is 1.87. The van der Waals surface area contributed by atoms with E-state index in [4.69, 9.17) is 10.6 Å². The van der Waals surface area contributed by atoms with Crippen LogP contribution in [0, 0.1) is 5.41 Å². The van der Waals surface area contributed by atoms with E-state index >= 15 is 0 Å². The van der Waals surface area contributed by atoms with Gasteiger partial charge in [0.1, 0.15) is 0 Å². The molecule has 5 heteroatoms. The van der Waals surface area contributed by atoms with Gasteiger partial charge in [-0.2, -0.15) is 0 Å². The minimum absolute atomic E-state index is 0.176. The Kier molecular flexibility index (Phi) is 5.41.